The van der Waals surface area contributed by atoms with Crippen LogP contribution in [0.5, 0.6) is 5.75 Å². The number of benzene rings is 2. The van der Waals surface area contributed by atoms with E-state index in [0.29, 0.717) is 13.2 Å². The molecule has 0 aliphatic carbocycles. The second-order valence-corrected chi connectivity index (χ2v) is 6.23. The van der Waals surface area contributed by atoms with Gasteiger partial charge in [0.1, 0.15) is 12.4 Å². The predicted molar refractivity (Wildman–Crippen MR) is 98.5 cm³/mol. The average molecular weight is 349 g/mol. The van der Waals surface area contributed by atoms with Gasteiger partial charge in [-0.15, -0.1) is 0 Å². The number of rotatable bonds is 10. The first kappa shape index (κ1) is 18.7. The molecule has 2 rings (SSSR count). The lowest BCUT2D eigenvalue weighted by Gasteiger charge is -2.10. The standard InChI is InChI=1S/C19H25ClN2O2/c1-15(23)12-21-9-10-22-13-17-3-2-4-19(11-17)24-14-16-5-7-18(20)8-6-16/h2-8,11,15,21-23H,9-10,12-14H2,1H3/t15-/m1/s1. The molecule has 0 bridgehead atoms. The SMILES string of the molecule is C[C@@H](O)CNCCNCc1cccc(OCc2ccc(Cl)cc2)c1. The van der Waals surface area contributed by atoms with Crippen LogP contribution in [0.25, 0.3) is 0 Å². The highest BCUT2D eigenvalue weighted by molar-refractivity contribution is 6.30. The molecular formula is C19H25ClN2O2. The summed E-state index contributed by atoms with van der Waals surface area (Å²) >= 11 is 5.88. The molecule has 0 aliphatic heterocycles. The summed E-state index contributed by atoms with van der Waals surface area (Å²) in [4.78, 5) is 0. The van der Waals surface area contributed by atoms with Crippen LogP contribution < -0.4 is 15.4 Å². The number of ether oxygens (including phenoxy) is 1. The van der Waals surface area contributed by atoms with Gasteiger partial charge >= 0.3 is 0 Å². The monoisotopic (exact) mass is 348 g/mol. The first-order valence-electron chi connectivity index (χ1n) is 8.19. The van der Waals surface area contributed by atoms with E-state index in [1.165, 1.54) is 5.56 Å². The molecule has 4 nitrogen and oxygen atoms in total. The second-order valence-electron chi connectivity index (χ2n) is 5.79. The minimum Gasteiger partial charge on any atom is -0.489 e. The van der Waals surface area contributed by atoms with Gasteiger partial charge in [-0.1, -0.05) is 35.9 Å². The van der Waals surface area contributed by atoms with Gasteiger partial charge in [0.15, 0.2) is 0 Å². The molecule has 1 atom stereocenters. The third-order valence-corrected chi connectivity index (χ3v) is 3.72. The molecule has 0 heterocycles. The van der Waals surface area contributed by atoms with Crippen molar-refractivity contribution in [3.63, 3.8) is 0 Å². The molecular weight excluding hydrogens is 324 g/mol. The number of aliphatic hydroxyl groups excluding tert-OH is 1. The van der Waals surface area contributed by atoms with E-state index in [4.69, 9.17) is 21.4 Å². The Morgan fingerprint density at radius 3 is 2.54 bits per heavy atom. The Hall–Kier alpha value is -1.59. The number of hydrogen-bond acceptors (Lipinski definition) is 4. The molecule has 0 amide bonds. The molecule has 0 fully saturated rings. The summed E-state index contributed by atoms with van der Waals surface area (Å²) in [5.41, 5.74) is 2.27. The summed E-state index contributed by atoms with van der Waals surface area (Å²) in [7, 11) is 0. The first-order chi connectivity index (χ1) is 11.6. The zero-order valence-corrected chi connectivity index (χ0v) is 14.7. The van der Waals surface area contributed by atoms with Crippen molar-refractivity contribution in [3.05, 3.63) is 64.7 Å². The molecule has 130 valence electrons. The van der Waals surface area contributed by atoms with Crippen molar-refractivity contribution >= 4 is 11.6 Å². The number of nitrogens with one attached hydrogen (secondary N) is 2. The second kappa shape index (κ2) is 10.3. The highest BCUT2D eigenvalue weighted by Crippen LogP contribution is 2.16. The summed E-state index contributed by atoms with van der Waals surface area (Å²) < 4.78 is 5.83. The Morgan fingerprint density at radius 1 is 1.04 bits per heavy atom. The number of aliphatic hydroxyl groups is 1. The van der Waals surface area contributed by atoms with E-state index < -0.39 is 0 Å². The van der Waals surface area contributed by atoms with Crippen molar-refractivity contribution in [2.45, 2.75) is 26.2 Å². The molecule has 3 N–H and O–H groups in total. The lowest BCUT2D eigenvalue weighted by Crippen LogP contribution is -2.31. The maximum absolute atomic E-state index is 9.16. The van der Waals surface area contributed by atoms with E-state index in [2.05, 4.69) is 16.7 Å². The summed E-state index contributed by atoms with van der Waals surface area (Å²) in [5, 5.41) is 16.4. The summed E-state index contributed by atoms with van der Waals surface area (Å²) in [6.07, 6.45) is -0.306. The van der Waals surface area contributed by atoms with E-state index in [0.717, 1.165) is 36.0 Å². The highest BCUT2D eigenvalue weighted by Gasteiger charge is 1.99. The van der Waals surface area contributed by atoms with Crippen molar-refractivity contribution in [1.82, 2.24) is 10.6 Å². The van der Waals surface area contributed by atoms with Crippen LogP contribution in [-0.2, 0) is 13.2 Å². The van der Waals surface area contributed by atoms with Gasteiger partial charge in [0.25, 0.3) is 0 Å². The Balaban J connectivity index is 1.71. The molecule has 5 heteroatoms. The molecule has 24 heavy (non-hydrogen) atoms. The molecule has 0 saturated carbocycles. The lowest BCUT2D eigenvalue weighted by atomic mass is 10.2. The van der Waals surface area contributed by atoms with Crippen LogP contribution in [-0.4, -0.2) is 30.8 Å². The van der Waals surface area contributed by atoms with Gasteiger partial charge < -0.3 is 20.5 Å². The maximum Gasteiger partial charge on any atom is 0.120 e. The minimum absolute atomic E-state index is 0.306. The van der Waals surface area contributed by atoms with Gasteiger partial charge in [-0.25, -0.2) is 0 Å². The van der Waals surface area contributed by atoms with Gasteiger partial charge in [0.2, 0.25) is 0 Å². The molecule has 2 aromatic carbocycles. The third kappa shape index (κ3) is 7.32. The number of halogens is 1. The van der Waals surface area contributed by atoms with E-state index >= 15 is 0 Å². The van der Waals surface area contributed by atoms with Crippen molar-refractivity contribution in [1.29, 1.82) is 0 Å². The molecule has 2 aromatic rings. The Kier molecular flexibility index (Phi) is 8.05. The number of hydrogen-bond donors (Lipinski definition) is 3. The fraction of sp³-hybridized carbons (Fsp3) is 0.368. The molecule has 0 radical (unpaired) electrons. The van der Waals surface area contributed by atoms with Crippen LogP contribution in [0.1, 0.15) is 18.1 Å². The Bertz CT molecular complexity index is 603. The Labute approximate surface area is 148 Å². The molecule has 0 spiro atoms. The van der Waals surface area contributed by atoms with Crippen LogP contribution >= 0.6 is 11.6 Å². The fourth-order valence-electron chi connectivity index (χ4n) is 2.21. The van der Waals surface area contributed by atoms with Crippen LogP contribution in [0.2, 0.25) is 5.02 Å². The summed E-state index contributed by atoms with van der Waals surface area (Å²) in [5.74, 6) is 0.858. The Morgan fingerprint density at radius 2 is 1.79 bits per heavy atom. The van der Waals surface area contributed by atoms with Crippen molar-refractivity contribution in [2.24, 2.45) is 0 Å². The maximum atomic E-state index is 9.16. The van der Waals surface area contributed by atoms with Gasteiger partial charge in [0, 0.05) is 31.2 Å². The predicted octanol–water partition coefficient (Wildman–Crippen LogP) is 2.98. The van der Waals surface area contributed by atoms with Crippen LogP contribution in [0.3, 0.4) is 0 Å². The first-order valence-corrected chi connectivity index (χ1v) is 8.57. The molecule has 0 aromatic heterocycles. The van der Waals surface area contributed by atoms with Crippen LogP contribution in [0.4, 0.5) is 0 Å². The topological polar surface area (TPSA) is 53.5 Å². The van der Waals surface area contributed by atoms with E-state index in [1.807, 2.05) is 42.5 Å². The highest BCUT2D eigenvalue weighted by atomic mass is 35.5. The van der Waals surface area contributed by atoms with Crippen LogP contribution in [0.15, 0.2) is 48.5 Å². The molecule has 0 unspecified atom stereocenters. The van der Waals surface area contributed by atoms with Gasteiger partial charge in [-0.2, -0.15) is 0 Å². The van der Waals surface area contributed by atoms with E-state index in [-0.39, 0.29) is 6.10 Å². The minimum atomic E-state index is -0.306. The van der Waals surface area contributed by atoms with Crippen molar-refractivity contribution in [2.75, 3.05) is 19.6 Å². The largest absolute Gasteiger partial charge is 0.489 e. The summed E-state index contributed by atoms with van der Waals surface area (Å²) in [6, 6.07) is 15.8. The molecule has 0 aliphatic rings. The average Bonchev–Trinajstić information content (AvgIpc) is 2.58. The third-order valence-electron chi connectivity index (χ3n) is 3.46. The van der Waals surface area contributed by atoms with Gasteiger partial charge in [0.05, 0.1) is 6.10 Å². The van der Waals surface area contributed by atoms with Gasteiger partial charge in [-0.05, 0) is 42.3 Å². The molecule has 0 saturated heterocycles. The van der Waals surface area contributed by atoms with Gasteiger partial charge in [-0.3, -0.25) is 0 Å². The van der Waals surface area contributed by atoms with E-state index in [9.17, 15) is 0 Å². The summed E-state index contributed by atoms with van der Waals surface area (Å²) in [6.45, 7) is 5.39. The lowest BCUT2D eigenvalue weighted by molar-refractivity contribution is 0.191. The van der Waals surface area contributed by atoms with E-state index in [1.54, 1.807) is 6.92 Å². The van der Waals surface area contributed by atoms with Crippen molar-refractivity contribution in [3.8, 4) is 5.75 Å². The normalized spacial score (nSPS) is 12.1. The zero-order chi connectivity index (χ0) is 17.2. The quantitative estimate of drug-likeness (QED) is 0.578. The van der Waals surface area contributed by atoms with Crippen LogP contribution in [0, 0.1) is 0 Å². The zero-order valence-electron chi connectivity index (χ0n) is 14.0. The smallest absolute Gasteiger partial charge is 0.120 e. The fourth-order valence-corrected chi connectivity index (χ4v) is 2.34. The van der Waals surface area contributed by atoms with Crippen molar-refractivity contribution < 1.29 is 9.84 Å².